The van der Waals surface area contributed by atoms with Crippen molar-refractivity contribution in [2.45, 2.75) is 32.4 Å². The molecule has 1 heterocycles. The summed E-state index contributed by atoms with van der Waals surface area (Å²) < 4.78 is 4.54. The molecule has 0 aromatic heterocycles. The molecule has 6 heteroatoms. The SMILES string of the molecule is COC(=O)NCc1cccc(CNC(=O)N2CCCCC2)c1. The van der Waals surface area contributed by atoms with E-state index in [-0.39, 0.29) is 6.03 Å². The number of rotatable bonds is 4. The highest BCUT2D eigenvalue weighted by atomic mass is 16.5. The van der Waals surface area contributed by atoms with E-state index < -0.39 is 6.09 Å². The lowest BCUT2D eigenvalue weighted by atomic mass is 10.1. The average Bonchev–Trinajstić information content (AvgIpc) is 2.58. The first-order valence-corrected chi connectivity index (χ1v) is 7.61. The van der Waals surface area contributed by atoms with Crippen LogP contribution in [0.25, 0.3) is 0 Å². The number of piperidine rings is 1. The molecule has 1 aliphatic heterocycles. The third-order valence-corrected chi connectivity index (χ3v) is 3.70. The minimum atomic E-state index is -0.455. The van der Waals surface area contributed by atoms with E-state index in [2.05, 4.69) is 15.4 Å². The largest absolute Gasteiger partial charge is 0.453 e. The number of nitrogens with zero attached hydrogens (tertiary/aromatic N) is 1. The minimum Gasteiger partial charge on any atom is -0.453 e. The Bertz CT molecular complexity index is 513. The van der Waals surface area contributed by atoms with Crippen molar-refractivity contribution in [3.63, 3.8) is 0 Å². The van der Waals surface area contributed by atoms with Gasteiger partial charge in [0, 0.05) is 26.2 Å². The molecule has 0 bridgehead atoms. The average molecular weight is 305 g/mol. The fourth-order valence-corrected chi connectivity index (χ4v) is 2.48. The molecule has 2 rings (SSSR count). The summed E-state index contributed by atoms with van der Waals surface area (Å²) in [5.41, 5.74) is 1.98. The lowest BCUT2D eigenvalue weighted by molar-refractivity contribution is 0.170. The van der Waals surface area contributed by atoms with Crippen molar-refractivity contribution in [1.29, 1.82) is 0 Å². The summed E-state index contributed by atoms with van der Waals surface area (Å²) >= 11 is 0. The topological polar surface area (TPSA) is 70.7 Å². The van der Waals surface area contributed by atoms with Gasteiger partial charge in [0.15, 0.2) is 0 Å². The number of benzene rings is 1. The molecule has 120 valence electrons. The molecule has 1 aliphatic rings. The number of nitrogens with one attached hydrogen (secondary N) is 2. The maximum Gasteiger partial charge on any atom is 0.407 e. The summed E-state index contributed by atoms with van der Waals surface area (Å²) in [6, 6.07) is 7.76. The summed E-state index contributed by atoms with van der Waals surface area (Å²) in [5, 5.41) is 5.58. The molecular formula is C16H23N3O3. The maximum absolute atomic E-state index is 12.1. The van der Waals surface area contributed by atoms with Crippen LogP contribution < -0.4 is 10.6 Å². The molecule has 1 aromatic rings. The Kier molecular flexibility index (Phi) is 6.06. The Labute approximate surface area is 130 Å². The maximum atomic E-state index is 12.1. The zero-order valence-corrected chi connectivity index (χ0v) is 12.9. The van der Waals surface area contributed by atoms with Crippen LogP contribution in [0, 0.1) is 0 Å². The van der Waals surface area contributed by atoms with Crippen LogP contribution in [0.3, 0.4) is 0 Å². The van der Waals surface area contributed by atoms with Crippen molar-refractivity contribution >= 4 is 12.1 Å². The standard InChI is InChI=1S/C16H23N3O3/c1-22-16(21)18-12-14-7-5-6-13(10-14)11-17-15(20)19-8-3-2-4-9-19/h5-7,10H,2-4,8-9,11-12H2,1H3,(H,17,20)(H,18,21). The zero-order chi connectivity index (χ0) is 15.8. The highest BCUT2D eigenvalue weighted by Crippen LogP contribution is 2.09. The van der Waals surface area contributed by atoms with Crippen LogP contribution in [0.5, 0.6) is 0 Å². The van der Waals surface area contributed by atoms with E-state index in [4.69, 9.17) is 0 Å². The van der Waals surface area contributed by atoms with E-state index in [9.17, 15) is 9.59 Å². The predicted octanol–water partition coefficient (Wildman–Crippen LogP) is 2.24. The van der Waals surface area contributed by atoms with Gasteiger partial charge in [0.1, 0.15) is 0 Å². The van der Waals surface area contributed by atoms with E-state index in [0.29, 0.717) is 13.1 Å². The minimum absolute atomic E-state index is 0.00205. The summed E-state index contributed by atoms with van der Waals surface area (Å²) in [7, 11) is 1.34. The van der Waals surface area contributed by atoms with Crippen LogP contribution in [0.4, 0.5) is 9.59 Å². The number of ether oxygens (including phenoxy) is 1. The van der Waals surface area contributed by atoms with Crippen molar-refractivity contribution in [2.24, 2.45) is 0 Å². The third-order valence-electron chi connectivity index (χ3n) is 3.70. The first-order chi connectivity index (χ1) is 10.7. The molecule has 1 fully saturated rings. The second-order valence-corrected chi connectivity index (χ2v) is 5.37. The molecule has 3 amide bonds. The monoisotopic (exact) mass is 305 g/mol. The lowest BCUT2D eigenvalue weighted by Gasteiger charge is -2.26. The third kappa shape index (κ3) is 4.95. The van der Waals surface area contributed by atoms with Crippen LogP contribution in [0.15, 0.2) is 24.3 Å². The summed E-state index contributed by atoms with van der Waals surface area (Å²) in [6.07, 6.45) is 2.92. The van der Waals surface area contributed by atoms with Crippen LogP contribution in [0.1, 0.15) is 30.4 Å². The van der Waals surface area contributed by atoms with Crippen molar-refractivity contribution < 1.29 is 14.3 Å². The molecular weight excluding hydrogens is 282 g/mol. The van der Waals surface area contributed by atoms with Gasteiger partial charge < -0.3 is 20.3 Å². The lowest BCUT2D eigenvalue weighted by Crippen LogP contribution is -2.42. The zero-order valence-electron chi connectivity index (χ0n) is 12.9. The van der Waals surface area contributed by atoms with Gasteiger partial charge in [-0.25, -0.2) is 9.59 Å². The van der Waals surface area contributed by atoms with Crippen LogP contribution in [-0.2, 0) is 17.8 Å². The molecule has 0 atom stereocenters. The number of amides is 3. The number of carbonyl (C=O) groups is 2. The summed E-state index contributed by atoms with van der Waals surface area (Å²) in [6.45, 7) is 2.58. The number of likely N-dealkylation sites (tertiary alicyclic amines) is 1. The molecule has 0 aliphatic carbocycles. The number of methoxy groups -OCH3 is 1. The van der Waals surface area contributed by atoms with Gasteiger partial charge in [0.05, 0.1) is 7.11 Å². The fraction of sp³-hybridized carbons (Fsp3) is 0.500. The van der Waals surface area contributed by atoms with E-state index >= 15 is 0 Å². The van der Waals surface area contributed by atoms with Crippen molar-refractivity contribution in [2.75, 3.05) is 20.2 Å². The van der Waals surface area contributed by atoms with Gasteiger partial charge >= 0.3 is 12.1 Å². The van der Waals surface area contributed by atoms with E-state index in [0.717, 1.165) is 37.1 Å². The molecule has 1 aromatic carbocycles. The Balaban J connectivity index is 1.82. The highest BCUT2D eigenvalue weighted by molar-refractivity contribution is 5.74. The second-order valence-electron chi connectivity index (χ2n) is 5.37. The summed E-state index contributed by atoms with van der Waals surface area (Å²) in [5.74, 6) is 0. The van der Waals surface area contributed by atoms with Crippen LogP contribution in [-0.4, -0.2) is 37.2 Å². The number of urea groups is 1. The number of alkyl carbamates (subject to hydrolysis) is 1. The molecule has 22 heavy (non-hydrogen) atoms. The molecule has 0 saturated carbocycles. The van der Waals surface area contributed by atoms with Crippen molar-refractivity contribution in [1.82, 2.24) is 15.5 Å². The first-order valence-electron chi connectivity index (χ1n) is 7.61. The smallest absolute Gasteiger partial charge is 0.407 e. The normalized spacial score (nSPS) is 14.3. The van der Waals surface area contributed by atoms with E-state index in [1.165, 1.54) is 13.5 Å². The molecule has 0 unspecified atom stereocenters. The number of hydrogen-bond acceptors (Lipinski definition) is 3. The van der Waals surface area contributed by atoms with Gasteiger partial charge in [-0.3, -0.25) is 0 Å². The fourth-order valence-electron chi connectivity index (χ4n) is 2.48. The number of carbonyl (C=O) groups excluding carboxylic acids is 2. The van der Waals surface area contributed by atoms with Gasteiger partial charge in [-0.05, 0) is 30.4 Å². The Hall–Kier alpha value is -2.24. The molecule has 2 N–H and O–H groups in total. The van der Waals surface area contributed by atoms with Gasteiger partial charge in [-0.15, -0.1) is 0 Å². The Morgan fingerprint density at radius 1 is 1.09 bits per heavy atom. The molecule has 6 nitrogen and oxygen atoms in total. The Morgan fingerprint density at radius 2 is 1.73 bits per heavy atom. The highest BCUT2D eigenvalue weighted by Gasteiger charge is 2.15. The van der Waals surface area contributed by atoms with Gasteiger partial charge in [-0.1, -0.05) is 24.3 Å². The predicted molar refractivity (Wildman–Crippen MR) is 83.3 cm³/mol. The molecule has 0 radical (unpaired) electrons. The second kappa shape index (κ2) is 8.26. The van der Waals surface area contributed by atoms with Crippen molar-refractivity contribution in [3.8, 4) is 0 Å². The van der Waals surface area contributed by atoms with Crippen LogP contribution >= 0.6 is 0 Å². The van der Waals surface area contributed by atoms with Gasteiger partial charge in [0.2, 0.25) is 0 Å². The summed E-state index contributed by atoms with van der Waals surface area (Å²) in [4.78, 5) is 25.0. The van der Waals surface area contributed by atoms with Gasteiger partial charge in [0.25, 0.3) is 0 Å². The van der Waals surface area contributed by atoms with Gasteiger partial charge in [-0.2, -0.15) is 0 Å². The van der Waals surface area contributed by atoms with Crippen molar-refractivity contribution in [3.05, 3.63) is 35.4 Å². The van der Waals surface area contributed by atoms with E-state index in [1.54, 1.807) is 0 Å². The Morgan fingerprint density at radius 3 is 2.36 bits per heavy atom. The number of hydrogen-bond donors (Lipinski definition) is 2. The first kappa shape index (κ1) is 16.1. The van der Waals surface area contributed by atoms with E-state index in [1.807, 2.05) is 29.2 Å². The van der Waals surface area contributed by atoms with Crippen LogP contribution in [0.2, 0.25) is 0 Å². The quantitative estimate of drug-likeness (QED) is 0.896. The molecule has 1 saturated heterocycles. The molecule has 0 spiro atoms.